The molecule has 2 rings (SSSR count). The average Bonchev–Trinajstić information content (AvgIpc) is 2.99. The monoisotopic (exact) mass is 590 g/mol. The van der Waals surface area contributed by atoms with Crippen LogP contribution >= 0.6 is 0 Å². The van der Waals surface area contributed by atoms with Crippen LogP contribution in [-0.4, -0.2) is 37.5 Å². The van der Waals surface area contributed by atoms with Gasteiger partial charge in [0.15, 0.2) is 0 Å². The van der Waals surface area contributed by atoms with Crippen molar-refractivity contribution in [3.63, 3.8) is 0 Å². The zero-order chi connectivity index (χ0) is 30.4. The third-order valence-electron chi connectivity index (χ3n) is 5.92. The Hall–Kier alpha value is -4.16. The Labute approximate surface area is 244 Å². The molecule has 12 heteroatoms. The zero-order valence-electron chi connectivity index (χ0n) is 24.0. The van der Waals surface area contributed by atoms with Crippen molar-refractivity contribution >= 4 is 24.2 Å². The molecule has 2 aromatic rings. The smallest absolute Gasteiger partial charge is 0.432 e. The number of unbranched alkanes of at least 4 members (excludes halogenated alkanes) is 5. The predicted octanol–water partition coefficient (Wildman–Crippen LogP) is 6.95. The van der Waals surface area contributed by atoms with Gasteiger partial charge in [-0.2, -0.15) is 0 Å². The second kappa shape index (κ2) is 20.7. The molecule has 2 aromatic carbocycles. The Morgan fingerprint density at radius 3 is 1.24 bits per heavy atom. The largest absolute Gasteiger partial charge is 0.543 e. The second-order valence-electron chi connectivity index (χ2n) is 9.26. The maximum Gasteiger partial charge on any atom is 0.543 e. The van der Waals surface area contributed by atoms with E-state index in [1.807, 2.05) is 24.3 Å². The van der Waals surface area contributed by atoms with E-state index in [1.54, 1.807) is 24.3 Å². The summed E-state index contributed by atoms with van der Waals surface area (Å²) in [7, 11) is 0. The van der Waals surface area contributed by atoms with Crippen molar-refractivity contribution in [3.8, 4) is 0 Å². The standard InChI is InChI=1S/C30H38O12/c1-3-5-7-11-23-13-17-25(18-14-23)27(31)37-41-39-29(33)35-21-9-10-22-36-30(34)40-42-38-28(32)26-19-15-24(16-20-26)12-8-6-4-2/h13-20H,3-12,21-22H2,1-2H3. The lowest BCUT2D eigenvalue weighted by atomic mass is 10.1. The van der Waals surface area contributed by atoms with Gasteiger partial charge < -0.3 is 9.47 Å². The lowest BCUT2D eigenvalue weighted by Crippen LogP contribution is -2.14. The molecule has 0 aliphatic rings. The van der Waals surface area contributed by atoms with E-state index >= 15 is 0 Å². The van der Waals surface area contributed by atoms with E-state index in [1.165, 1.54) is 0 Å². The predicted molar refractivity (Wildman–Crippen MR) is 146 cm³/mol. The van der Waals surface area contributed by atoms with Crippen molar-refractivity contribution in [1.29, 1.82) is 0 Å². The molecule has 0 spiro atoms. The summed E-state index contributed by atoms with van der Waals surface area (Å²) in [6.45, 7) is 4.06. The van der Waals surface area contributed by atoms with E-state index in [0.717, 1.165) is 62.5 Å². The second-order valence-corrected chi connectivity index (χ2v) is 9.26. The maximum atomic E-state index is 11.9. The Morgan fingerprint density at radius 1 is 0.500 bits per heavy atom. The molecule has 0 atom stereocenters. The van der Waals surface area contributed by atoms with Crippen LogP contribution in [0, 0.1) is 0 Å². The fraction of sp³-hybridized carbons (Fsp3) is 0.467. The van der Waals surface area contributed by atoms with Gasteiger partial charge in [0.25, 0.3) is 0 Å². The van der Waals surface area contributed by atoms with E-state index in [2.05, 4.69) is 43.5 Å². The molecule has 0 aliphatic heterocycles. The molecule has 0 aromatic heterocycles. The van der Waals surface area contributed by atoms with Gasteiger partial charge in [-0.25, -0.2) is 29.0 Å². The fourth-order valence-corrected chi connectivity index (χ4v) is 3.58. The molecular weight excluding hydrogens is 552 g/mol. The summed E-state index contributed by atoms with van der Waals surface area (Å²) in [5, 5.41) is 8.35. The molecule has 0 amide bonds. The molecule has 0 radical (unpaired) electrons. The lowest BCUT2D eigenvalue weighted by molar-refractivity contribution is -0.452. The molecule has 42 heavy (non-hydrogen) atoms. The molecule has 0 bridgehead atoms. The highest BCUT2D eigenvalue weighted by atomic mass is 17.5. The van der Waals surface area contributed by atoms with Crippen molar-refractivity contribution < 1.29 is 58.3 Å². The molecule has 12 nitrogen and oxygen atoms in total. The van der Waals surface area contributed by atoms with Gasteiger partial charge in [-0.15, -0.1) is 0 Å². The molecule has 0 N–H and O–H groups in total. The third kappa shape index (κ3) is 14.5. The van der Waals surface area contributed by atoms with Gasteiger partial charge in [0, 0.05) is 0 Å². The summed E-state index contributed by atoms with van der Waals surface area (Å²) in [6.07, 6.45) is 6.64. The minimum Gasteiger partial charge on any atom is -0.432 e. The zero-order valence-corrected chi connectivity index (χ0v) is 24.0. The molecule has 0 heterocycles. The summed E-state index contributed by atoms with van der Waals surface area (Å²) in [6, 6.07) is 13.7. The van der Waals surface area contributed by atoms with E-state index in [4.69, 9.17) is 9.47 Å². The molecule has 0 unspecified atom stereocenters. The van der Waals surface area contributed by atoms with Gasteiger partial charge in [0.2, 0.25) is 0 Å². The van der Waals surface area contributed by atoms with Crippen LogP contribution in [0.5, 0.6) is 0 Å². The first-order valence-electron chi connectivity index (χ1n) is 14.0. The first-order valence-corrected chi connectivity index (χ1v) is 14.0. The Kier molecular flexibility index (Phi) is 16.8. The van der Waals surface area contributed by atoms with E-state index < -0.39 is 24.2 Å². The number of ether oxygens (including phenoxy) is 2. The van der Waals surface area contributed by atoms with E-state index in [0.29, 0.717) is 0 Å². The van der Waals surface area contributed by atoms with Crippen molar-refractivity contribution in [1.82, 2.24) is 0 Å². The van der Waals surface area contributed by atoms with Crippen molar-refractivity contribution in [2.24, 2.45) is 0 Å². The molecule has 0 aliphatic carbocycles. The minimum atomic E-state index is -1.23. The van der Waals surface area contributed by atoms with Crippen LogP contribution in [0.3, 0.4) is 0 Å². The van der Waals surface area contributed by atoms with Crippen molar-refractivity contribution in [3.05, 3.63) is 70.8 Å². The Morgan fingerprint density at radius 2 is 0.881 bits per heavy atom. The quantitative estimate of drug-likeness (QED) is 0.0723. The first kappa shape index (κ1) is 34.0. The number of aryl methyl sites for hydroxylation is 2. The molecule has 0 saturated carbocycles. The number of hydrogen-bond donors (Lipinski definition) is 0. The molecule has 230 valence electrons. The van der Waals surface area contributed by atoms with Crippen LogP contribution < -0.4 is 0 Å². The van der Waals surface area contributed by atoms with Gasteiger partial charge in [0.05, 0.1) is 34.4 Å². The highest BCUT2D eigenvalue weighted by Crippen LogP contribution is 2.12. The van der Waals surface area contributed by atoms with Gasteiger partial charge in [-0.1, -0.05) is 63.8 Å². The van der Waals surface area contributed by atoms with Crippen LogP contribution in [0.15, 0.2) is 48.5 Å². The van der Waals surface area contributed by atoms with Gasteiger partial charge in [0.1, 0.15) is 0 Å². The average molecular weight is 591 g/mol. The number of hydrogen-bond acceptors (Lipinski definition) is 12. The summed E-state index contributed by atoms with van der Waals surface area (Å²) >= 11 is 0. The molecular formula is C30H38O12. The first-order chi connectivity index (χ1) is 20.4. The summed E-state index contributed by atoms with van der Waals surface area (Å²) < 4.78 is 9.47. The van der Waals surface area contributed by atoms with Crippen LogP contribution in [0.4, 0.5) is 9.59 Å². The van der Waals surface area contributed by atoms with Crippen LogP contribution in [-0.2, 0) is 51.9 Å². The highest BCUT2D eigenvalue weighted by Gasteiger charge is 2.14. The van der Waals surface area contributed by atoms with Crippen molar-refractivity contribution in [2.75, 3.05) is 13.2 Å². The molecule has 0 fully saturated rings. The lowest BCUT2D eigenvalue weighted by Gasteiger charge is -2.06. The normalized spacial score (nSPS) is 10.4. The fourth-order valence-electron chi connectivity index (χ4n) is 3.58. The highest BCUT2D eigenvalue weighted by molar-refractivity contribution is 5.89. The summed E-state index contributed by atoms with van der Waals surface area (Å²) in [5.41, 5.74) is 2.67. The van der Waals surface area contributed by atoms with E-state index in [9.17, 15) is 19.2 Å². The number of carbonyl (C=O) groups excluding carboxylic acids is 4. The number of rotatable bonds is 19. The molecule has 0 saturated heterocycles. The Balaban J connectivity index is 1.47. The Bertz CT molecular complexity index is 995. The van der Waals surface area contributed by atoms with Crippen LogP contribution in [0.25, 0.3) is 0 Å². The van der Waals surface area contributed by atoms with Crippen molar-refractivity contribution in [2.45, 2.75) is 78.1 Å². The maximum absolute atomic E-state index is 11.9. The SMILES string of the molecule is CCCCCc1ccc(C(=O)OOOC(=O)OCCCCOC(=O)OOOC(=O)c2ccc(CCCCC)cc2)cc1. The summed E-state index contributed by atoms with van der Waals surface area (Å²) in [5.74, 6) is -1.67. The van der Waals surface area contributed by atoms with E-state index in [-0.39, 0.29) is 37.2 Å². The summed E-state index contributed by atoms with van der Waals surface area (Å²) in [4.78, 5) is 64.1. The van der Waals surface area contributed by atoms with Gasteiger partial charge in [-0.05, 0) is 73.9 Å². The minimum absolute atomic E-state index is 0.0977. The van der Waals surface area contributed by atoms with Gasteiger partial charge in [-0.3, -0.25) is 9.78 Å². The number of benzene rings is 2. The van der Waals surface area contributed by atoms with Crippen LogP contribution in [0.1, 0.15) is 97.1 Å². The third-order valence-corrected chi connectivity index (χ3v) is 5.92. The van der Waals surface area contributed by atoms with Crippen LogP contribution in [0.2, 0.25) is 0 Å². The topological polar surface area (TPSA) is 142 Å². The van der Waals surface area contributed by atoms with Gasteiger partial charge >= 0.3 is 24.2 Å². The number of carbonyl (C=O) groups is 4.